The topological polar surface area (TPSA) is 129 Å². The summed E-state index contributed by atoms with van der Waals surface area (Å²) < 4.78 is 22.9. The third kappa shape index (κ3) is 4.18. The molecule has 23 heavy (non-hydrogen) atoms. The molecule has 3 unspecified atom stereocenters. The number of primary amides is 1. The van der Waals surface area contributed by atoms with Gasteiger partial charge in [-0.3, -0.25) is 9.59 Å². The second-order valence-corrected chi connectivity index (χ2v) is 6.56. The minimum Gasteiger partial charge on any atom is -0.394 e. The first-order valence-electron chi connectivity index (χ1n) is 7.43. The van der Waals surface area contributed by atoms with Crippen molar-refractivity contribution in [2.24, 2.45) is 5.73 Å². The van der Waals surface area contributed by atoms with Crippen molar-refractivity contribution in [3.8, 4) is 0 Å². The van der Waals surface area contributed by atoms with Gasteiger partial charge in [-0.25, -0.2) is 0 Å². The van der Waals surface area contributed by atoms with Crippen LogP contribution in [0.15, 0.2) is 0 Å². The van der Waals surface area contributed by atoms with E-state index in [2.05, 4.69) is 5.32 Å². The van der Waals surface area contributed by atoms with E-state index in [1.54, 1.807) is 27.7 Å². The van der Waals surface area contributed by atoms with Crippen LogP contribution in [-0.4, -0.2) is 66.1 Å². The molecule has 2 amide bonds. The van der Waals surface area contributed by atoms with Crippen molar-refractivity contribution < 1.29 is 33.6 Å². The lowest BCUT2D eigenvalue weighted by molar-refractivity contribution is -0.302. The molecule has 0 aliphatic carbocycles. The van der Waals surface area contributed by atoms with Gasteiger partial charge < -0.3 is 35.1 Å². The van der Waals surface area contributed by atoms with E-state index in [9.17, 15) is 14.7 Å². The van der Waals surface area contributed by atoms with Crippen LogP contribution in [0.2, 0.25) is 0 Å². The van der Waals surface area contributed by atoms with Gasteiger partial charge >= 0.3 is 11.8 Å². The number of hydrogen-bond donors (Lipinski definition) is 3. The minimum absolute atomic E-state index is 0.106. The summed E-state index contributed by atoms with van der Waals surface area (Å²) in [7, 11) is 0. The standard InChI is InChI=1S/C14H24N2O7/c1-13(2)20-6-7(16-12(19)11(15)18)9(22-13)10-8(5-17)21-14(3,4)23-10/h7-10,17H,5-6H2,1-4H3,(H2,15,18)(H,16,19)/t7?,8?,9?,10-/m1/s1. The summed E-state index contributed by atoms with van der Waals surface area (Å²) in [6, 6.07) is -0.667. The summed E-state index contributed by atoms with van der Waals surface area (Å²) in [6.07, 6.45) is -1.95. The Morgan fingerprint density at radius 2 is 1.74 bits per heavy atom. The average Bonchev–Trinajstić information content (AvgIpc) is 2.75. The van der Waals surface area contributed by atoms with E-state index < -0.39 is 47.7 Å². The number of carbonyl (C=O) groups excluding carboxylic acids is 2. The van der Waals surface area contributed by atoms with Gasteiger partial charge in [-0.2, -0.15) is 0 Å². The number of nitrogens with two attached hydrogens (primary N) is 1. The molecular formula is C14H24N2O7. The van der Waals surface area contributed by atoms with Crippen molar-refractivity contribution >= 4 is 11.8 Å². The molecule has 0 saturated carbocycles. The zero-order chi connectivity index (χ0) is 17.4. The highest BCUT2D eigenvalue weighted by atomic mass is 16.8. The van der Waals surface area contributed by atoms with Gasteiger partial charge in [0.25, 0.3) is 0 Å². The van der Waals surface area contributed by atoms with Crippen molar-refractivity contribution in [1.82, 2.24) is 5.32 Å². The molecule has 0 aromatic carbocycles. The van der Waals surface area contributed by atoms with Gasteiger partial charge in [0.1, 0.15) is 18.3 Å². The highest BCUT2D eigenvalue weighted by Crippen LogP contribution is 2.35. The summed E-state index contributed by atoms with van der Waals surface area (Å²) in [5, 5.41) is 12.0. The van der Waals surface area contributed by atoms with Crippen LogP contribution < -0.4 is 11.1 Å². The molecule has 2 aliphatic heterocycles. The highest BCUT2D eigenvalue weighted by Gasteiger charge is 2.51. The Balaban J connectivity index is 2.21. The monoisotopic (exact) mass is 332 g/mol. The van der Waals surface area contributed by atoms with E-state index in [0.29, 0.717) is 0 Å². The van der Waals surface area contributed by atoms with Gasteiger partial charge in [0.2, 0.25) is 0 Å². The Labute approximate surface area is 134 Å². The van der Waals surface area contributed by atoms with Gasteiger partial charge in [-0.1, -0.05) is 0 Å². The predicted octanol–water partition coefficient (Wildman–Crippen LogP) is -1.38. The molecule has 0 aromatic rings. The van der Waals surface area contributed by atoms with Crippen LogP contribution in [0.1, 0.15) is 27.7 Å². The summed E-state index contributed by atoms with van der Waals surface area (Å²) in [4.78, 5) is 22.6. The maximum absolute atomic E-state index is 11.6. The quantitative estimate of drug-likeness (QED) is 0.543. The van der Waals surface area contributed by atoms with E-state index in [-0.39, 0.29) is 13.2 Å². The SMILES string of the molecule is CC1(C)OCC(NC(=O)C(N)=O)C([C@@H]2OC(C)(C)OC2CO)O1. The van der Waals surface area contributed by atoms with E-state index in [4.69, 9.17) is 24.7 Å². The second-order valence-electron chi connectivity index (χ2n) is 6.56. The van der Waals surface area contributed by atoms with Gasteiger partial charge in [-0.15, -0.1) is 0 Å². The minimum atomic E-state index is -1.10. The van der Waals surface area contributed by atoms with E-state index in [0.717, 1.165) is 0 Å². The molecule has 0 radical (unpaired) electrons. The third-order valence-corrected chi connectivity index (χ3v) is 3.69. The van der Waals surface area contributed by atoms with Crippen LogP contribution in [0.3, 0.4) is 0 Å². The Morgan fingerprint density at radius 1 is 1.13 bits per heavy atom. The molecule has 9 heteroatoms. The van der Waals surface area contributed by atoms with Crippen molar-refractivity contribution in [2.75, 3.05) is 13.2 Å². The molecule has 2 rings (SSSR count). The molecule has 2 aliphatic rings. The maximum atomic E-state index is 11.6. The molecule has 2 saturated heterocycles. The third-order valence-electron chi connectivity index (χ3n) is 3.69. The lowest BCUT2D eigenvalue weighted by Crippen LogP contribution is -2.62. The lowest BCUT2D eigenvalue weighted by Gasteiger charge is -2.43. The van der Waals surface area contributed by atoms with Crippen molar-refractivity contribution in [3.63, 3.8) is 0 Å². The first kappa shape index (κ1) is 18.1. The van der Waals surface area contributed by atoms with Crippen LogP contribution in [0.4, 0.5) is 0 Å². The number of rotatable bonds is 3. The Hall–Kier alpha value is -1.26. The number of hydrogen-bond acceptors (Lipinski definition) is 7. The molecule has 132 valence electrons. The second kappa shape index (κ2) is 6.33. The lowest BCUT2D eigenvalue weighted by atomic mass is 9.99. The van der Waals surface area contributed by atoms with Crippen LogP contribution in [0, 0.1) is 0 Å². The summed E-state index contributed by atoms with van der Waals surface area (Å²) in [5.74, 6) is -3.85. The molecule has 9 nitrogen and oxygen atoms in total. The Bertz CT molecular complexity index is 480. The van der Waals surface area contributed by atoms with Crippen LogP contribution >= 0.6 is 0 Å². The maximum Gasteiger partial charge on any atom is 0.309 e. The number of carbonyl (C=O) groups is 2. The van der Waals surface area contributed by atoms with E-state index in [1.807, 2.05) is 0 Å². The Kier molecular flexibility index (Phi) is 4.97. The predicted molar refractivity (Wildman–Crippen MR) is 76.9 cm³/mol. The Morgan fingerprint density at radius 3 is 2.30 bits per heavy atom. The molecule has 0 bridgehead atoms. The first-order chi connectivity index (χ1) is 10.5. The molecule has 0 spiro atoms. The van der Waals surface area contributed by atoms with Gasteiger partial charge in [0.05, 0.1) is 19.3 Å². The molecule has 2 fully saturated rings. The first-order valence-corrected chi connectivity index (χ1v) is 7.43. The fraction of sp³-hybridized carbons (Fsp3) is 0.857. The van der Waals surface area contributed by atoms with Gasteiger partial charge in [-0.05, 0) is 27.7 Å². The fourth-order valence-corrected chi connectivity index (χ4v) is 2.77. The number of aliphatic hydroxyl groups excluding tert-OH is 1. The molecule has 4 atom stereocenters. The van der Waals surface area contributed by atoms with Crippen LogP contribution in [0.25, 0.3) is 0 Å². The van der Waals surface area contributed by atoms with Crippen molar-refractivity contribution in [1.29, 1.82) is 0 Å². The molecular weight excluding hydrogens is 308 g/mol. The fourth-order valence-electron chi connectivity index (χ4n) is 2.77. The zero-order valence-corrected chi connectivity index (χ0v) is 13.7. The van der Waals surface area contributed by atoms with Crippen LogP contribution in [0.5, 0.6) is 0 Å². The number of ether oxygens (including phenoxy) is 4. The summed E-state index contributed by atoms with van der Waals surface area (Å²) in [6.45, 7) is 6.72. The smallest absolute Gasteiger partial charge is 0.309 e. The van der Waals surface area contributed by atoms with E-state index in [1.165, 1.54) is 0 Å². The molecule has 0 aromatic heterocycles. The normalized spacial score (nSPS) is 35.7. The number of amides is 2. The van der Waals surface area contributed by atoms with Gasteiger partial charge in [0.15, 0.2) is 11.6 Å². The average molecular weight is 332 g/mol. The highest BCUT2D eigenvalue weighted by molar-refractivity contribution is 6.34. The van der Waals surface area contributed by atoms with Crippen LogP contribution in [-0.2, 0) is 28.5 Å². The van der Waals surface area contributed by atoms with Crippen molar-refractivity contribution in [2.45, 2.75) is 63.6 Å². The zero-order valence-electron chi connectivity index (χ0n) is 13.7. The number of nitrogens with one attached hydrogen (secondary N) is 1. The molecule has 2 heterocycles. The summed E-state index contributed by atoms with van der Waals surface area (Å²) in [5.41, 5.74) is 4.97. The molecule has 4 N–H and O–H groups in total. The van der Waals surface area contributed by atoms with Crippen molar-refractivity contribution in [3.05, 3.63) is 0 Å². The van der Waals surface area contributed by atoms with Gasteiger partial charge in [0, 0.05) is 0 Å². The number of aliphatic hydroxyl groups is 1. The largest absolute Gasteiger partial charge is 0.394 e. The van der Waals surface area contributed by atoms with E-state index >= 15 is 0 Å². The summed E-state index contributed by atoms with van der Waals surface area (Å²) >= 11 is 0.